The Morgan fingerprint density at radius 1 is 1.39 bits per heavy atom. The highest BCUT2D eigenvalue weighted by Gasteiger charge is 2.21. The molecule has 1 aromatic rings. The third kappa shape index (κ3) is 3.75. The zero-order valence-electron chi connectivity index (χ0n) is 11.6. The van der Waals surface area contributed by atoms with Crippen LogP contribution in [0.25, 0.3) is 0 Å². The number of aryl methyl sites for hydroxylation is 1. The van der Waals surface area contributed by atoms with E-state index in [4.69, 9.17) is 4.74 Å². The predicted octanol–water partition coefficient (Wildman–Crippen LogP) is 2.52. The van der Waals surface area contributed by atoms with Crippen molar-refractivity contribution in [3.63, 3.8) is 0 Å². The Hall–Kier alpha value is -1.00. The second-order valence-corrected chi connectivity index (χ2v) is 4.87. The predicted molar refractivity (Wildman–Crippen MR) is 71.3 cm³/mol. The van der Waals surface area contributed by atoms with E-state index in [0.717, 1.165) is 30.2 Å². The summed E-state index contributed by atoms with van der Waals surface area (Å²) < 4.78 is 5.68. The molecule has 1 heterocycles. The molecule has 0 amide bonds. The summed E-state index contributed by atoms with van der Waals surface area (Å²) in [4.78, 5) is 9.13. The molecule has 1 N–H and O–H groups in total. The molecular formula is C14H23N3O. The molecule has 1 aliphatic carbocycles. The molecule has 0 spiro atoms. The van der Waals surface area contributed by atoms with E-state index in [-0.39, 0.29) is 6.10 Å². The molecule has 4 heteroatoms. The van der Waals surface area contributed by atoms with Gasteiger partial charge in [0, 0.05) is 24.9 Å². The van der Waals surface area contributed by atoms with Crippen LogP contribution in [0, 0.1) is 6.92 Å². The fourth-order valence-electron chi connectivity index (χ4n) is 2.01. The third-order valence-electron chi connectivity index (χ3n) is 3.10. The van der Waals surface area contributed by atoms with E-state index >= 15 is 0 Å². The van der Waals surface area contributed by atoms with Crippen molar-refractivity contribution in [2.24, 2.45) is 0 Å². The van der Waals surface area contributed by atoms with Crippen LogP contribution in [0.2, 0.25) is 0 Å². The highest BCUT2D eigenvalue weighted by Crippen LogP contribution is 2.20. The van der Waals surface area contributed by atoms with Gasteiger partial charge in [-0.25, -0.2) is 9.97 Å². The minimum Gasteiger partial charge on any atom is -0.371 e. The van der Waals surface area contributed by atoms with E-state index in [0.29, 0.717) is 12.6 Å². The summed E-state index contributed by atoms with van der Waals surface area (Å²) in [7, 11) is 0. The highest BCUT2D eigenvalue weighted by atomic mass is 16.5. The van der Waals surface area contributed by atoms with Crippen molar-refractivity contribution in [3.8, 4) is 0 Å². The second-order valence-electron chi connectivity index (χ2n) is 4.87. The molecule has 0 aliphatic heterocycles. The van der Waals surface area contributed by atoms with Crippen molar-refractivity contribution in [2.75, 3.05) is 6.61 Å². The number of hydrogen-bond donors (Lipinski definition) is 1. The van der Waals surface area contributed by atoms with Gasteiger partial charge in [-0.1, -0.05) is 6.92 Å². The van der Waals surface area contributed by atoms with E-state index in [1.807, 2.05) is 13.8 Å². The minimum absolute atomic E-state index is 0.0228. The number of hydrogen-bond acceptors (Lipinski definition) is 4. The lowest BCUT2D eigenvalue weighted by Gasteiger charge is -2.15. The first kappa shape index (κ1) is 13.4. The summed E-state index contributed by atoms with van der Waals surface area (Å²) in [6.07, 6.45) is 3.53. The van der Waals surface area contributed by atoms with Gasteiger partial charge in [-0.05, 0) is 39.2 Å². The molecule has 1 aliphatic rings. The first-order chi connectivity index (χ1) is 8.72. The van der Waals surface area contributed by atoms with E-state index < -0.39 is 0 Å². The van der Waals surface area contributed by atoms with Crippen molar-refractivity contribution in [2.45, 2.75) is 58.7 Å². The zero-order valence-corrected chi connectivity index (χ0v) is 11.6. The van der Waals surface area contributed by atoms with Gasteiger partial charge in [0.1, 0.15) is 6.10 Å². The van der Waals surface area contributed by atoms with Crippen LogP contribution >= 0.6 is 0 Å². The molecule has 0 saturated heterocycles. The summed E-state index contributed by atoms with van der Waals surface area (Å²) in [5.41, 5.74) is 2.09. The Morgan fingerprint density at radius 2 is 2.17 bits per heavy atom. The van der Waals surface area contributed by atoms with Crippen LogP contribution in [-0.2, 0) is 11.3 Å². The van der Waals surface area contributed by atoms with Gasteiger partial charge in [0.05, 0.1) is 5.69 Å². The van der Waals surface area contributed by atoms with Gasteiger partial charge in [0.25, 0.3) is 0 Å². The Morgan fingerprint density at radius 3 is 2.78 bits per heavy atom. The normalized spacial score (nSPS) is 16.8. The van der Waals surface area contributed by atoms with Gasteiger partial charge < -0.3 is 10.1 Å². The average Bonchev–Trinajstić information content (AvgIpc) is 3.16. The SMILES string of the molecule is CCOC(CC)c1nc(C)cc(CNC2CC2)n1. The molecule has 100 valence electrons. The molecule has 1 aromatic heterocycles. The molecule has 0 bridgehead atoms. The van der Waals surface area contributed by atoms with Crippen LogP contribution in [0.3, 0.4) is 0 Å². The molecule has 1 atom stereocenters. The van der Waals surface area contributed by atoms with Gasteiger partial charge in [-0.15, -0.1) is 0 Å². The van der Waals surface area contributed by atoms with Crippen LogP contribution in [0.1, 0.15) is 56.4 Å². The van der Waals surface area contributed by atoms with Crippen LogP contribution in [0.5, 0.6) is 0 Å². The zero-order chi connectivity index (χ0) is 13.0. The van der Waals surface area contributed by atoms with E-state index in [1.165, 1.54) is 12.8 Å². The van der Waals surface area contributed by atoms with Gasteiger partial charge in [-0.3, -0.25) is 0 Å². The van der Waals surface area contributed by atoms with E-state index in [9.17, 15) is 0 Å². The fraction of sp³-hybridized carbons (Fsp3) is 0.714. The van der Waals surface area contributed by atoms with Crippen LogP contribution in [0.4, 0.5) is 0 Å². The van der Waals surface area contributed by atoms with E-state index in [2.05, 4.69) is 28.3 Å². The van der Waals surface area contributed by atoms with Crippen LogP contribution in [0.15, 0.2) is 6.07 Å². The number of ether oxygens (including phenoxy) is 1. The van der Waals surface area contributed by atoms with Crippen LogP contribution < -0.4 is 5.32 Å². The van der Waals surface area contributed by atoms with Gasteiger partial charge in [-0.2, -0.15) is 0 Å². The van der Waals surface area contributed by atoms with Gasteiger partial charge in [0.15, 0.2) is 5.82 Å². The highest BCUT2D eigenvalue weighted by molar-refractivity contribution is 5.11. The Labute approximate surface area is 109 Å². The Kier molecular flexibility index (Phi) is 4.66. The van der Waals surface area contributed by atoms with E-state index in [1.54, 1.807) is 0 Å². The minimum atomic E-state index is 0.0228. The molecule has 1 unspecified atom stereocenters. The molecule has 0 aromatic carbocycles. The summed E-state index contributed by atoms with van der Waals surface area (Å²) >= 11 is 0. The number of nitrogens with one attached hydrogen (secondary N) is 1. The molecule has 18 heavy (non-hydrogen) atoms. The number of aromatic nitrogens is 2. The fourth-order valence-corrected chi connectivity index (χ4v) is 2.01. The Bertz CT molecular complexity index is 391. The molecule has 2 rings (SSSR count). The van der Waals surface area contributed by atoms with Gasteiger partial charge in [0.2, 0.25) is 0 Å². The topological polar surface area (TPSA) is 47.0 Å². The molecular weight excluding hydrogens is 226 g/mol. The number of nitrogens with zero attached hydrogens (tertiary/aromatic N) is 2. The smallest absolute Gasteiger partial charge is 0.157 e. The standard InChI is InChI=1S/C14H23N3O/c1-4-13(18-5-2)14-16-10(3)8-12(17-14)9-15-11-6-7-11/h8,11,13,15H,4-7,9H2,1-3H3. The number of rotatable bonds is 7. The lowest BCUT2D eigenvalue weighted by molar-refractivity contribution is 0.0532. The quantitative estimate of drug-likeness (QED) is 0.806. The second kappa shape index (κ2) is 6.25. The van der Waals surface area contributed by atoms with Crippen molar-refractivity contribution in [1.29, 1.82) is 0 Å². The van der Waals surface area contributed by atoms with Crippen molar-refractivity contribution in [1.82, 2.24) is 15.3 Å². The Balaban J connectivity index is 2.07. The first-order valence-electron chi connectivity index (χ1n) is 6.92. The first-order valence-corrected chi connectivity index (χ1v) is 6.92. The summed E-state index contributed by atoms with van der Waals surface area (Å²) in [6, 6.07) is 2.76. The largest absolute Gasteiger partial charge is 0.371 e. The maximum Gasteiger partial charge on any atom is 0.157 e. The summed E-state index contributed by atoms with van der Waals surface area (Å²) in [6.45, 7) is 7.67. The maximum absolute atomic E-state index is 5.68. The van der Waals surface area contributed by atoms with Crippen molar-refractivity contribution in [3.05, 3.63) is 23.3 Å². The monoisotopic (exact) mass is 249 g/mol. The van der Waals surface area contributed by atoms with Crippen LogP contribution in [-0.4, -0.2) is 22.6 Å². The summed E-state index contributed by atoms with van der Waals surface area (Å²) in [5.74, 6) is 0.826. The maximum atomic E-state index is 5.68. The van der Waals surface area contributed by atoms with Crippen molar-refractivity contribution >= 4 is 0 Å². The van der Waals surface area contributed by atoms with Crippen molar-refractivity contribution < 1.29 is 4.74 Å². The molecule has 0 radical (unpaired) electrons. The molecule has 4 nitrogen and oxygen atoms in total. The molecule has 1 fully saturated rings. The third-order valence-corrected chi connectivity index (χ3v) is 3.10. The summed E-state index contributed by atoms with van der Waals surface area (Å²) in [5, 5.41) is 3.49. The average molecular weight is 249 g/mol. The van der Waals surface area contributed by atoms with Gasteiger partial charge >= 0.3 is 0 Å². The molecule has 1 saturated carbocycles. The lowest BCUT2D eigenvalue weighted by Crippen LogP contribution is -2.18. The lowest BCUT2D eigenvalue weighted by atomic mass is 10.2.